The van der Waals surface area contributed by atoms with Gasteiger partial charge >= 0.3 is 0 Å². The Morgan fingerprint density at radius 2 is 2.19 bits per heavy atom. The van der Waals surface area contributed by atoms with Crippen LogP contribution in [0.25, 0.3) is 0 Å². The average Bonchev–Trinajstić information content (AvgIpc) is 3.32. The Labute approximate surface area is 155 Å². The summed E-state index contributed by atoms with van der Waals surface area (Å²) in [6.45, 7) is 7.83. The number of amides is 2. The van der Waals surface area contributed by atoms with Crippen molar-refractivity contribution in [3.8, 4) is 0 Å². The summed E-state index contributed by atoms with van der Waals surface area (Å²) in [5.41, 5.74) is 0. The summed E-state index contributed by atoms with van der Waals surface area (Å²) in [6, 6.07) is 3.66. The van der Waals surface area contributed by atoms with Crippen molar-refractivity contribution in [3.05, 3.63) is 36.8 Å². The molecule has 0 radical (unpaired) electrons. The van der Waals surface area contributed by atoms with Gasteiger partial charge in [-0.05, 0) is 31.4 Å². The van der Waals surface area contributed by atoms with Gasteiger partial charge in [0, 0.05) is 26.1 Å². The molecule has 26 heavy (non-hydrogen) atoms. The van der Waals surface area contributed by atoms with Crippen molar-refractivity contribution in [3.63, 3.8) is 0 Å². The number of hydrogen-bond donors (Lipinski definition) is 0. The third kappa shape index (κ3) is 6.33. The Balaban J connectivity index is 2.01. The van der Waals surface area contributed by atoms with E-state index in [1.807, 2.05) is 19.1 Å². The summed E-state index contributed by atoms with van der Waals surface area (Å²) < 4.78 is 11.1. The van der Waals surface area contributed by atoms with Gasteiger partial charge in [-0.25, -0.2) is 0 Å². The molecule has 2 heterocycles. The van der Waals surface area contributed by atoms with Crippen molar-refractivity contribution in [2.24, 2.45) is 0 Å². The Hall–Kier alpha value is -2.08. The number of unbranched alkanes of at least 4 members (excludes halogenated alkanes) is 1. The highest BCUT2D eigenvalue weighted by atomic mass is 16.5. The van der Waals surface area contributed by atoms with Crippen LogP contribution in [-0.4, -0.2) is 54.0 Å². The summed E-state index contributed by atoms with van der Waals surface area (Å²) in [5, 5.41) is 0. The first-order valence-corrected chi connectivity index (χ1v) is 9.44. The van der Waals surface area contributed by atoms with Gasteiger partial charge in [0.1, 0.15) is 12.3 Å². The Morgan fingerprint density at radius 1 is 1.35 bits per heavy atom. The molecular formula is C20H30N2O4. The zero-order chi connectivity index (χ0) is 18.8. The number of hydrogen-bond acceptors (Lipinski definition) is 4. The number of furan rings is 1. The van der Waals surface area contributed by atoms with Crippen molar-refractivity contribution >= 4 is 11.8 Å². The van der Waals surface area contributed by atoms with E-state index in [4.69, 9.17) is 9.15 Å². The van der Waals surface area contributed by atoms with Gasteiger partial charge in [0.05, 0.1) is 18.9 Å². The fourth-order valence-corrected chi connectivity index (χ4v) is 3.04. The lowest BCUT2D eigenvalue weighted by Crippen LogP contribution is -2.45. The van der Waals surface area contributed by atoms with Gasteiger partial charge in [-0.15, -0.1) is 6.58 Å². The smallest absolute Gasteiger partial charge is 0.242 e. The minimum atomic E-state index is -0.0939. The maximum absolute atomic E-state index is 12.9. The molecular weight excluding hydrogens is 332 g/mol. The second kappa shape index (κ2) is 10.8. The molecule has 0 bridgehead atoms. The molecule has 1 saturated heterocycles. The maximum atomic E-state index is 12.9. The molecule has 0 aromatic carbocycles. The first kappa shape index (κ1) is 20.2. The second-order valence-electron chi connectivity index (χ2n) is 6.66. The first-order valence-electron chi connectivity index (χ1n) is 9.44. The lowest BCUT2D eigenvalue weighted by atomic mass is 10.2. The normalized spacial score (nSPS) is 16.4. The summed E-state index contributed by atoms with van der Waals surface area (Å²) in [7, 11) is 0. The van der Waals surface area contributed by atoms with Crippen LogP contribution in [0.1, 0.15) is 44.8 Å². The molecule has 0 unspecified atom stereocenters. The van der Waals surface area contributed by atoms with Crippen LogP contribution in [0.5, 0.6) is 0 Å². The van der Waals surface area contributed by atoms with Crippen molar-refractivity contribution in [2.45, 2.75) is 51.7 Å². The molecule has 1 aromatic rings. The molecule has 0 spiro atoms. The van der Waals surface area contributed by atoms with Crippen LogP contribution in [0.15, 0.2) is 35.5 Å². The molecule has 1 aliphatic rings. The van der Waals surface area contributed by atoms with E-state index in [0.29, 0.717) is 26.1 Å². The predicted molar refractivity (Wildman–Crippen MR) is 99.4 cm³/mol. The van der Waals surface area contributed by atoms with Crippen LogP contribution in [0.3, 0.4) is 0 Å². The molecule has 1 aromatic heterocycles. The van der Waals surface area contributed by atoms with Gasteiger partial charge < -0.3 is 19.0 Å². The number of ether oxygens (including phenoxy) is 1. The first-order chi connectivity index (χ1) is 12.6. The Kier molecular flexibility index (Phi) is 8.41. The third-order valence-electron chi connectivity index (χ3n) is 4.50. The topological polar surface area (TPSA) is 63.0 Å². The van der Waals surface area contributed by atoms with Crippen molar-refractivity contribution < 1.29 is 18.7 Å². The molecule has 1 atom stereocenters. The molecule has 2 amide bonds. The summed E-state index contributed by atoms with van der Waals surface area (Å²) >= 11 is 0. The Morgan fingerprint density at radius 3 is 2.81 bits per heavy atom. The highest BCUT2D eigenvalue weighted by Gasteiger charge is 2.25. The molecule has 0 saturated carbocycles. The van der Waals surface area contributed by atoms with Gasteiger partial charge in [0.2, 0.25) is 11.8 Å². The standard InChI is InChI=1S/C20H30N2O4/c1-3-5-10-19(23)21(11-4-2)16-20(24)22(14-17-8-6-12-25-17)15-18-9-7-13-26-18/h4,6,8,12,18H,2-3,5,7,9-11,13-16H2,1H3/t18-/m0/s1. The second-order valence-corrected chi connectivity index (χ2v) is 6.66. The minimum Gasteiger partial charge on any atom is -0.467 e. The molecule has 6 heteroatoms. The highest BCUT2D eigenvalue weighted by Crippen LogP contribution is 2.16. The number of nitrogens with zero attached hydrogens (tertiary/aromatic N) is 2. The monoisotopic (exact) mass is 362 g/mol. The maximum Gasteiger partial charge on any atom is 0.242 e. The van der Waals surface area contributed by atoms with Gasteiger partial charge in [0.15, 0.2) is 0 Å². The lowest BCUT2D eigenvalue weighted by molar-refractivity contribution is -0.141. The summed E-state index contributed by atoms with van der Waals surface area (Å²) in [5.74, 6) is 0.627. The largest absolute Gasteiger partial charge is 0.467 e. The van der Waals surface area contributed by atoms with E-state index in [1.54, 1.807) is 22.1 Å². The van der Waals surface area contributed by atoms with Crippen LogP contribution in [0, 0.1) is 0 Å². The van der Waals surface area contributed by atoms with E-state index in [9.17, 15) is 9.59 Å². The SMILES string of the molecule is C=CCN(CC(=O)N(Cc1ccco1)C[C@@H]1CCCO1)C(=O)CCCC. The van der Waals surface area contributed by atoms with Crippen LogP contribution >= 0.6 is 0 Å². The zero-order valence-corrected chi connectivity index (χ0v) is 15.7. The number of carbonyl (C=O) groups is 2. The van der Waals surface area contributed by atoms with Crippen molar-refractivity contribution in [2.75, 3.05) is 26.2 Å². The van der Waals surface area contributed by atoms with E-state index in [-0.39, 0.29) is 24.5 Å². The summed E-state index contributed by atoms with van der Waals surface area (Å²) in [6.07, 6.45) is 7.52. The van der Waals surface area contributed by atoms with Crippen molar-refractivity contribution in [1.29, 1.82) is 0 Å². The van der Waals surface area contributed by atoms with Gasteiger partial charge in [-0.2, -0.15) is 0 Å². The molecule has 0 N–H and O–H groups in total. The fraction of sp³-hybridized carbons (Fsp3) is 0.600. The third-order valence-corrected chi connectivity index (χ3v) is 4.50. The molecule has 2 rings (SSSR count). The van der Waals surface area contributed by atoms with Gasteiger partial charge in [-0.3, -0.25) is 9.59 Å². The lowest BCUT2D eigenvalue weighted by Gasteiger charge is -2.28. The van der Waals surface area contributed by atoms with Crippen LogP contribution < -0.4 is 0 Å². The van der Waals surface area contributed by atoms with E-state index >= 15 is 0 Å². The Bertz CT molecular complexity index is 564. The van der Waals surface area contributed by atoms with Crippen molar-refractivity contribution in [1.82, 2.24) is 9.80 Å². The van der Waals surface area contributed by atoms with Crippen LogP contribution in [0.2, 0.25) is 0 Å². The molecule has 0 aliphatic carbocycles. The van der Waals surface area contributed by atoms with Crippen LogP contribution in [0.4, 0.5) is 0 Å². The average molecular weight is 362 g/mol. The fourth-order valence-electron chi connectivity index (χ4n) is 3.04. The summed E-state index contributed by atoms with van der Waals surface area (Å²) in [4.78, 5) is 28.6. The zero-order valence-electron chi connectivity index (χ0n) is 15.7. The van der Waals surface area contributed by atoms with Gasteiger partial charge in [0.25, 0.3) is 0 Å². The van der Waals surface area contributed by atoms with Crippen LogP contribution in [-0.2, 0) is 20.9 Å². The van der Waals surface area contributed by atoms with E-state index in [1.165, 1.54) is 0 Å². The minimum absolute atomic E-state index is 0.00448. The number of carbonyl (C=O) groups excluding carboxylic acids is 2. The quantitative estimate of drug-likeness (QED) is 0.568. The van der Waals surface area contributed by atoms with E-state index < -0.39 is 0 Å². The number of rotatable bonds is 11. The molecule has 1 fully saturated rings. The van der Waals surface area contributed by atoms with E-state index in [2.05, 4.69) is 6.58 Å². The molecule has 144 valence electrons. The predicted octanol–water partition coefficient (Wildman–Crippen LogP) is 2.99. The molecule has 1 aliphatic heterocycles. The van der Waals surface area contributed by atoms with Gasteiger partial charge in [-0.1, -0.05) is 19.4 Å². The highest BCUT2D eigenvalue weighted by molar-refractivity contribution is 5.85. The van der Waals surface area contributed by atoms with E-state index in [0.717, 1.165) is 38.1 Å². The molecule has 6 nitrogen and oxygen atoms in total.